The largest absolute Gasteiger partial charge is 0.286 e. The number of alkyl halides is 2. The third-order valence-electron chi connectivity index (χ3n) is 1.74. The van der Waals surface area contributed by atoms with Crippen LogP contribution >= 0.6 is 11.6 Å². The van der Waals surface area contributed by atoms with E-state index in [1.165, 1.54) is 6.07 Å². The van der Waals surface area contributed by atoms with Gasteiger partial charge < -0.3 is 0 Å². The number of hydrogen-bond donors (Lipinski definition) is 0. The Kier molecular flexibility index (Phi) is 3.65. The highest BCUT2D eigenvalue weighted by Gasteiger charge is 2.30. The number of halogens is 3. The summed E-state index contributed by atoms with van der Waals surface area (Å²) in [6, 6.07) is 1.99. The van der Waals surface area contributed by atoms with Gasteiger partial charge in [0.1, 0.15) is 23.0 Å². The molecular weight excluding hydrogens is 260 g/mol. The van der Waals surface area contributed by atoms with E-state index in [9.17, 15) is 23.7 Å². The summed E-state index contributed by atoms with van der Waals surface area (Å²) < 4.78 is 25.1. The normalized spacial score (nSPS) is 10.1. The Morgan fingerprint density at radius 2 is 2.24 bits per heavy atom. The van der Waals surface area contributed by atoms with Gasteiger partial charge in [0.15, 0.2) is 0 Å². The molecular formula is C8H2ClF2N3O3. The van der Waals surface area contributed by atoms with Crippen molar-refractivity contribution in [2.45, 2.75) is 6.43 Å². The number of aromatic nitrogens is 1. The van der Waals surface area contributed by atoms with Crippen molar-refractivity contribution < 1.29 is 18.5 Å². The van der Waals surface area contributed by atoms with Gasteiger partial charge in [0.25, 0.3) is 17.4 Å². The van der Waals surface area contributed by atoms with E-state index in [1.54, 1.807) is 0 Å². The van der Waals surface area contributed by atoms with Crippen LogP contribution in [0.1, 0.15) is 28.2 Å². The molecule has 0 bridgehead atoms. The fourth-order valence-electron chi connectivity index (χ4n) is 1.11. The number of carbonyl (C=O) groups excluding carboxylic acids is 1. The lowest BCUT2D eigenvalue weighted by Crippen LogP contribution is -2.08. The molecule has 0 radical (unpaired) electrons. The summed E-state index contributed by atoms with van der Waals surface area (Å²) >= 11 is 5.00. The molecule has 88 valence electrons. The molecule has 0 aliphatic heterocycles. The average Bonchev–Trinajstić information content (AvgIpc) is 2.26. The van der Waals surface area contributed by atoms with E-state index in [1.807, 2.05) is 0 Å². The highest BCUT2D eigenvalue weighted by molar-refractivity contribution is 6.68. The molecule has 0 aliphatic carbocycles. The van der Waals surface area contributed by atoms with E-state index >= 15 is 0 Å². The second kappa shape index (κ2) is 4.80. The molecule has 0 aliphatic rings. The van der Waals surface area contributed by atoms with Gasteiger partial charge in [-0.25, -0.2) is 13.8 Å². The van der Waals surface area contributed by atoms with E-state index in [0.717, 1.165) is 0 Å². The van der Waals surface area contributed by atoms with Crippen molar-refractivity contribution in [3.05, 3.63) is 33.1 Å². The van der Waals surface area contributed by atoms with Gasteiger partial charge in [0.2, 0.25) is 0 Å². The molecule has 9 heteroatoms. The van der Waals surface area contributed by atoms with E-state index in [4.69, 9.17) is 16.9 Å². The molecule has 0 saturated heterocycles. The molecule has 0 fully saturated rings. The number of hydrogen-bond acceptors (Lipinski definition) is 5. The first-order valence-corrected chi connectivity index (χ1v) is 4.33. The van der Waals surface area contributed by atoms with E-state index in [-0.39, 0.29) is 0 Å². The van der Waals surface area contributed by atoms with Crippen LogP contribution in [0.25, 0.3) is 0 Å². The molecule has 1 rings (SSSR count). The van der Waals surface area contributed by atoms with Crippen molar-refractivity contribution in [2.24, 2.45) is 0 Å². The minimum atomic E-state index is -3.25. The van der Waals surface area contributed by atoms with Crippen LogP contribution in [0.15, 0.2) is 6.07 Å². The minimum absolute atomic E-state index is 0.589. The van der Waals surface area contributed by atoms with Crippen molar-refractivity contribution in [3.8, 4) is 6.07 Å². The monoisotopic (exact) mass is 261 g/mol. The van der Waals surface area contributed by atoms with Crippen LogP contribution in [0.2, 0.25) is 0 Å². The fourth-order valence-corrected chi connectivity index (χ4v) is 1.31. The Bertz CT molecular complexity index is 542. The number of nitriles is 1. The Morgan fingerprint density at radius 1 is 1.65 bits per heavy atom. The molecule has 1 heterocycles. The Morgan fingerprint density at radius 3 is 2.59 bits per heavy atom. The van der Waals surface area contributed by atoms with E-state index in [2.05, 4.69) is 4.98 Å². The predicted octanol–water partition coefficient (Wildman–Crippen LogP) is 2.18. The number of nitro groups is 1. The van der Waals surface area contributed by atoms with Gasteiger partial charge in [-0.1, -0.05) is 0 Å². The highest BCUT2D eigenvalue weighted by Crippen LogP contribution is 2.30. The summed E-state index contributed by atoms with van der Waals surface area (Å²) in [6.07, 6.45) is -3.25. The molecule has 0 aromatic carbocycles. The van der Waals surface area contributed by atoms with Crippen LogP contribution in [0, 0.1) is 21.4 Å². The van der Waals surface area contributed by atoms with Crippen LogP contribution < -0.4 is 0 Å². The zero-order chi connectivity index (χ0) is 13.2. The summed E-state index contributed by atoms with van der Waals surface area (Å²) in [7, 11) is 0. The summed E-state index contributed by atoms with van der Waals surface area (Å²) in [4.78, 5) is 23.5. The highest BCUT2D eigenvalue weighted by atomic mass is 35.5. The number of carbonyl (C=O) groups is 1. The molecule has 1 aromatic heterocycles. The summed E-state index contributed by atoms with van der Waals surface area (Å²) in [6.45, 7) is 0. The second-order valence-electron chi connectivity index (χ2n) is 2.73. The molecule has 0 amide bonds. The predicted molar refractivity (Wildman–Crippen MR) is 50.7 cm³/mol. The van der Waals surface area contributed by atoms with Gasteiger partial charge >= 0.3 is 0 Å². The number of nitrogens with zero attached hydrogens (tertiary/aromatic N) is 3. The van der Waals surface area contributed by atoms with Crippen molar-refractivity contribution in [1.29, 1.82) is 5.26 Å². The minimum Gasteiger partial charge on any atom is -0.275 e. The third-order valence-corrected chi connectivity index (χ3v) is 1.93. The summed E-state index contributed by atoms with van der Waals surface area (Å²) in [5.41, 5.74) is -3.72. The number of pyridine rings is 1. The average molecular weight is 262 g/mol. The van der Waals surface area contributed by atoms with E-state index in [0.29, 0.717) is 6.07 Å². The van der Waals surface area contributed by atoms with Gasteiger partial charge in [0, 0.05) is 0 Å². The van der Waals surface area contributed by atoms with Crippen molar-refractivity contribution in [1.82, 2.24) is 4.98 Å². The SMILES string of the molecule is N#Cc1cc([N+](=O)[O-])c(C(=O)Cl)c(C(F)F)n1. The van der Waals surface area contributed by atoms with Crippen LogP contribution in [-0.4, -0.2) is 15.1 Å². The maximum Gasteiger partial charge on any atom is 0.286 e. The molecule has 1 aromatic rings. The fraction of sp³-hybridized carbons (Fsp3) is 0.125. The van der Waals surface area contributed by atoms with Crippen LogP contribution in [0.4, 0.5) is 14.5 Å². The van der Waals surface area contributed by atoms with Gasteiger partial charge in [-0.15, -0.1) is 0 Å². The Hall–Kier alpha value is -2.14. The van der Waals surface area contributed by atoms with Gasteiger partial charge in [-0.3, -0.25) is 14.9 Å². The molecule has 0 unspecified atom stereocenters. The number of rotatable bonds is 3. The lowest BCUT2D eigenvalue weighted by Gasteiger charge is -2.05. The first kappa shape index (κ1) is 12.9. The third kappa shape index (κ3) is 2.51. The Labute approximate surface area is 97.6 Å². The summed E-state index contributed by atoms with van der Waals surface area (Å²) in [5, 5.41) is 17.6. The standard InChI is InChI=1S/C8H2ClF2N3O3/c9-7(15)5-4(14(16)17)1-3(2-12)13-6(5)8(10)11/h1,8H. The van der Waals surface area contributed by atoms with Crippen LogP contribution in [0.5, 0.6) is 0 Å². The van der Waals surface area contributed by atoms with Gasteiger partial charge in [-0.05, 0) is 11.6 Å². The van der Waals surface area contributed by atoms with Crippen LogP contribution in [0.3, 0.4) is 0 Å². The van der Waals surface area contributed by atoms with Crippen molar-refractivity contribution in [3.63, 3.8) is 0 Å². The molecule has 17 heavy (non-hydrogen) atoms. The lowest BCUT2D eigenvalue weighted by atomic mass is 10.1. The first-order chi connectivity index (χ1) is 7.88. The molecule has 0 atom stereocenters. The maximum atomic E-state index is 12.5. The van der Waals surface area contributed by atoms with Gasteiger partial charge in [-0.2, -0.15) is 5.26 Å². The molecule has 0 N–H and O–H groups in total. The molecule has 0 spiro atoms. The molecule has 6 nitrogen and oxygen atoms in total. The van der Waals surface area contributed by atoms with Gasteiger partial charge in [0.05, 0.1) is 11.0 Å². The topological polar surface area (TPSA) is 96.9 Å². The zero-order valence-corrected chi connectivity index (χ0v) is 8.61. The van der Waals surface area contributed by atoms with E-state index < -0.39 is 39.2 Å². The smallest absolute Gasteiger partial charge is 0.275 e. The van der Waals surface area contributed by atoms with Crippen molar-refractivity contribution >= 4 is 22.5 Å². The summed E-state index contributed by atoms with van der Waals surface area (Å²) in [5.74, 6) is 0. The molecule has 0 saturated carbocycles. The first-order valence-electron chi connectivity index (χ1n) is 3.96. The Balaban J connectivity index is 3.69. The maximum absolute atomic E-state index is 12.5. The zero-order valence-electron chi connectivity index (χ0n) is 7.85. The lowest BCUT2D eigenvalue weighted by molar-refractivity contribution is -0.385. The van der Waals surface area contributed by atoms with Crippen molar-refractivity contribution in [2.75, 3.05) is 0 Å². The van der Waals surface area contributed by atoms with Crippen LogP contribution in [-0.2, 0) is 0 Å². The quantitative estimate of drug-likeness (QED) is 0.472. The second-order valence-corrected chi connectivity index (χ2v) is 3.07.